The summed E-state index contributed by atoms with van der Waals surface area (Å²) in [6.45, 7) is 2.12. The van der Waals surface area contributed by atoms with Gasteiger partial charge in [0.05, 0.1) is 0 Å². The Labute approximate surface area is 92.8 Å². The second kappa shape index (κ2) is 5.47. The summed E-state index contributed by atoms with van der Waals surface area (Å²) in [5.74, 6) is -0.166. The van der Waals surface area contributed by atoms with E-state index in [2.05, 4.69) is 28.2 Å². The molecule has 0 saturated heterocycles. The molecule has 0 amide bonds. The van der Waals surface area contributed by atoms with Crippen molar-refractivity contribution in [2.24, 2.45) is 0 Å². The lowest BCUT2D eigenvalue weighted by Gasteiger charge is -2.10. The summed E-state index contributed by atoms with van der Waals surface area (Å²) < 4.78 is 13.9. The smallest absolute Gasteiger partial charge is 0.123 e. The van der Waals surface area contributed by atoms with E-state index in [1.807, 2.05) is 7.05 Å². The molecule has 3 heteroatoms. The van der Waals surface area contributed by atoms with E-state index in [9.17, 15) is 4.39 Å². The summed E-state index contributed by atoms with van der Waals surface area (Å²) in [7, 11) is 1.94. The van der Waals surface area contributed by atoms with Crippen LogP contribution >= 0.6 is 15.9 Å². The van der Waals surface area contributed by atoms with Gasteiger partial charge in [-0.2, -0.15) is 0 Å². The molecular weight excluding hydrogens is 245 g/mol. The van der Waals surface area contributed by atoms with Crippen LogP contribution in [0.25, 0.3) is 0 Å². The summed E-state index contributed by atoms with van der Waals surface area (Å²) in [4.78, 5) is 0. The zero-order valence-corrected chi connectivity index (χ0v) is 10.1. The van der Waals surface area contributed by atoms with E-state index in [0.717, 1.165) is 22.9 Å². The molecule has 0 heterocycles. The monoisotopic (exact) mass is 259 g/mol. The van der Waals surface area contributed by atoms with Gasteiger partial charge < -0.3 is 5.32 Å². The highest BCUT2D eigenvalue weighted by atomic mass is 79.9. The lowest BCUT2D eigenvalue weighted by atomic mass is 10.1. The number of nitrogens with one attached hydrogen (secondary N) is 1. The third-order valence-electron chi connectivity index (χ3n) is 2.35. The van der Waals surface area contributed by atoms with Crippen molar-refractivity contribution >= 4 is 15.9 Å². The molecule has 0 aliphatic carbocycles. The fourth-order valence-corrected chi connectivity index (χ4v) is 1.70. The van der Waals surface area contributed by atoms with Crippen LogP contribution in [0.15, 0.2) is 22.7 Å². The van der Waals surface area contributed by atoms with E-state index >= 15 is 0 Å². The van der Waals surface area contributed by atoms with Crippen molar-refractivity contribution in [1.29, 1.82) is 0 Å². The molecule has 78 valence electrons. The summed E-state index contributed by atoms with van der Waals surface area (Å²) in [6.07, 6.45) is 1.90. The SMILES string of the molecule is CNC(C)CCc1cc(F)ccc1Br. The second-order valence-corrected chi connectivity index (χ2v) is 4.32. The minimum Gasteiger partial charge on any atom is -0.317 e. The topological polar surface area (TPSA) is 12.0 Å². The van der Waals surface area contributed by atoms with E-state index in [0.29, 0.717) is 6.04 Å². The van der Waals surface area contributed by atoms with E-state index in [-0.39, 0.29) is 5.82 Å². The van der Waals surface area contributed by atoms with Crippen molar-refractivity contribution in [1.82, 2.24) is 5.32 Å². The van der Waals surface area contributed by atoms with Gasteiger partial charge in [0.2, 0.25) is 0 Å². The number of rotatable bonds is 4. The molecule has 1 aromatic rings. The maximum atomic E-state index is 12.9. The van der Waals surface area contributed by atoms with Gasteiger partial charge >= 0.3 is 0 Å². The highest BCUT2D eigenvalue weighted by Crippen LogP contribution is 2.19. The zero-order chi connectivity index (χ0) is 10.6. The first-order valence-electron chi connectivity index (χ1n) is 4.74. The Morgan fingerprint density at radius 3 is 2.86 bits per heavy atom. The van der Waals surface area contributed by atoms with Gasteiger partial charge in [0.25, 0.3) is 0 Å². The zero-order valence-electron chi connectivity index (χ0n) is 8.48. The van der Waals surface area contributed by atoms with E-state index in [1.54, 1.807) is 12.1 Å². The number of hydrogen-bond acceptors (Lipinski definition) is 1. The van der Waals surface area contributed by atoms with Crippen molar-refractivity contribution in [2.75, 3.05) is 7.05 Å². The minimum absolute atomic E-state index is 0.166. The highest BCUT2D eigenvalue weighted by Gasteiger charge is 2.04. The molecular formula is C11H15BrFN. The molecule has 0 spiro atoms. The number of aryl methyl sites for hydroxylation is 1. The van der Waals surface area contributed by atoms with Gasteiger partial charge in [-0.1, -0.05) is 15.9 Å². The summed E-state index contributed by atoms with van der Waals surface area (Å²) >= 11 is 3.42. The van der Waals surface area contributed by atoms with Crippen molar-refractivity contribution in [3.05, 3.63) is 34.1 Å². The van der Waals surface area contributed by atoms with Crippen molar-refractivity contribution < 1.29 is 4.39 Å². The van der Waals surface area contributed by atoms with Crippen molar-refractivity contribution in [3.8, 4) is 0 Å². The molecule has 0 aliphatic heterocycles. The molecule has 14 heavy (non-hydrogen) atoms. The quantitative estimate of drug-likeness (QED) is 0.877. The summed E-state index contributed by atoms with van der Waals surface area (Å²) in [5.41, 5.74) is 1.03. The molecule has 1 atom stereocenters. The Bertz CT molecular complexity index is 301. The fourth-order valence-electron chi connectivity index (χ4n) is 1.25. The molecule has 0 fully saturated rings. The molecule has 0 aliphatic rings. The van der Waals surface area contributed by atoms with E-state index in [1.165, 1.54) is 6.07 Å². The number of benzene rings is 1. The predicted molar refractivity (Wildman–Crippen MR) is 60.9 cm³/mol. The average Bonchev–Trinajstić information content (AvgIpc) is 2.19. The van der Waals surface area contributed by atoms with Crippen molar-refractivity contribution in [2.45, 2.75) is 25.8 Å². The van der Waals surface area contributed by atoms with Crippen LogP contribution in [0.1, 0.15) is 18.9 Å². The molecule has 0 saturated carbocycles. The maximum Gasteiger partial charge on any atom is 0.123 e. The van der Waals surface area contributed by atoms with Gasteiger partial charge in [0.15, 0.2) is 0 Å². The van der Waals surface area contributed by atoms with Crippen LogP contribution in [0, 0.1) is 5.82 Å². The van der Waals surface area contributed by atoms with Gasteiger partial charge in [-0.15, -0.1) is 0 Å². The Balaban J connectivity index is 2.62. The maximum absolute atomic E-state index is 12.9. The molecule has 1 N–H and O–H groups in total. The van der Waals surface area contributed by atoms with Crippen LogP contribution in [-0.2, 0) is 6.42 Å². The van der Waals surface area contributed by atoms with Crippen molar-refractivity contribution in [3.63, 3.8) is 0 Å². The third-order valence-corrected chi connectivity index (χ3v) is 3.12. The minimum atomic E-state index is -0.166. The van der Waals surface area contributed by atoms with E-state index in [4.69, 9.17) is 0 Å². The Hall–Kier alpha value is -0.410. The van der Waals surface area contributed by atoms with E-state index < -0.39 is 0 Å². The van der Waals surface area contributed by atoms with Crippen LogP contribution < -0.4 is 5.32 Å². The lowest BCUT2D eigenvalue weighted by molar-refractivity contribution is 0.562. The van der Waals surface area contributed by atoms with Gasteiger partial charge in [-0.25, -0.2) is 4.39 Å². The van der Waals surface area contributed by atoms with Crippen LogP contribution in [0.4, 0.5) is 4.39 Å². The van der Waals surface area contributed by atoms with Crippen LogP contribution in [0.3, 0.4) is 0 Å². The van der Waals surface area contributed by atoms with Crippen LogP contribution in [0.5, 0.6) is 0 Å². The fraction of sp³-hybridized carbons (Fsp3) is 0.455. The largest absolute Gasteiger partial charge is 0.317 e. The van der Waals surface area contributed by atoms with Gasteiger partial charge in [0, 0.05) is 10.5 Å². The molecule has 1 nitrogen and oxygen atoms in total. The lowest BCUT2D eigenvalue weighted by Crippen LogP contribution is -2.21. The first-order chi connectivity index (χ1) is 6.63. The molecule has 1 rings (SSSR count). The summed E-state index contributed by atoms with van der Waals surface area (Å²) in [5, 5.41) is 3.16. The molecule has 0 aromatic heterocycles. The molecule has 1 aromatic carbocycles. The highest BCUT2D eigenvalue weighted by molar-refractivity contribution is 9.10. The first kappa shape index (κ1) is 11.7. The Kier molecular flexibility index (Phi) is 4.55. The Morgan fingerprint density at radius 2 is 2.21 bits per heavy atom. The Morgan fingerprint density at radius 1 is 1.50 bits per heavy atom. The van der Waals surface area contributed by atoms with Gasteiger partial charge in [0.1, 0.15) is 5.82 Å². The van der Waals surface area contributed by atoms with Crippen LogP contribution in [0.2, 0.25) is 0 Å². The average molecular weight is 260 g/mol. The molecule has 1 unspecified atom stereocenters. The van der Waals surface area contributed by atoms with Crippen LogP contribution in [-0.4, -0.2) is 13.1 Å². The number of halogens is 2. The third kappa shape index (κ3) is 3.39. The first-order valence-corrected chi connectivity index (χ1v) is 5.54. The standard InChI is InChI=1S/C11H15BrFN/c1-8(14-2)3-4-9-7-10(13)5-6-11(9)12/h5-8,14H,3-4H2,1-2H3. The van der Waals surface area contributed by atoms with Gasteiger partial charge in [-0.3, -0.25) is 0 Å². The molecule has 0 radical (unpaired) electrons. The number of hydrogen-bond donors (Lipinski definition) is 1. The normalized spacial score (nSPS) is 12.9. The summed E-state index contributed by atoms with van der Waals surface area (Å²) in [6, 6.07) is 5.28. The second-order valence-electron chi connectivity index (χ2n) is 3.46. The predicted octanol–water partition coefficient (Wildman–Crippen LogP) is 3.13. The molecule has 0 bridgehead atoms. The van der Waals surface area contributed by atoms with Gasteiger partial charge in [-0.05, 0) is 50.6 Å².